The van der Waals surface area contributed by atoms with Crippen LogP contribution in [0.25, 0.3) is 0 Å². The minimum absolute atomic E-state index is 0.0860. The second-order valence-electron chi connectivity index (χ2n) is 5.26. The zero-order valence-electron chi connectivity index (χ0n) is 12.7. The van der Waals surface area contributed by atoms with Gasteiger partial charge in [-0.25, -0.2) is 9.48 Å². The van der Waals surface area contributed by atoms with Gasteiger partial charge in [0, 0.05) is 13.6 Å². The highest BCUT2D eigenvalue weighted by Crippen LogP contribution is 2.21. The molecule has 1 aliphatic rings. The molecule has 0 bridgehead atoms. The number of aryl methyl sites for hydroxylation is 1. The Morgan fingerprint density at radius 1 is 1.48 bits per heavy atom. The second-order valence-corrected chi connectivity index (χ2v) is 5.26. The van der Waals surface area contributed by atoms with Crippen LogP contribution in [0.2, 0.25) is 0 Å². The lowest BCUT2D eigenvalue weighted by molar-refractivity contribution is 0.0656. The normalized spacial score (nSPS) is 15.0. The molecule has 0 saturated carbocycles. The van der Waals surface area contributed by atoms with Gasteiger partial charge in [0.2, 0.25) is 0 Å². The summed E-state index contributed by atoms with van der Waals surface area (Å²) in [6.45, 7) is 2.80. The van der Waals surface area contributed by atoms with Crippen molar-refractivity contribution >= 4 is 11.9 Å². The summed E-state index contributed by atoms with van der Waals surface area (Å²) in [5.74, 6) is -0.953. The van der Waals surface area contributed by atoms with Gasteiger partial charge in [-0.2, -0.15) is 0 Å². The number of amides is 1. The predicted octanol–water partition coefficient (Wildman–Crippen LogP) is -0.269. The zero-order chi connectivity index (χ0) is 16.6. The summed E-state index contributed by atoms with van der Waals surface area (Å²) in [4.78, 5) is 23.9. The Labute approximate surface area is 131 Å². The average molecular weight is 320 g/mol. The quantitative estimate of drug-likeness (QED) is 0.794. The third kappa shape index (κ3) is 2.68. The molecule has 0 aromatic carbocycles. The number of fused-ring (bicyclic) bond motifs is 1. The number of carboxylic acid groups (broad SMARTS) is 1. The van der Waals surface area contributed by atoms with E-state index in [1.54, 1.807) is 18.5 Å². The van der Waals surface area contributed by atoms with Crippen LogP contribution in [0, 0.1) is 0 Å². The van der Waals surface area contributed by atoms with Gasteiger partial charge < -0.3 is 19.7 Å². The van der Waals surface area contributed by atoms with Crippen LogP contribution < -0.4 is 5.32 Å². The fourth-order valence-corrected chi connectivity index (χ4v) is 2.64. The monoisotopic (exact) mass is 320 g/mol. The first-order valence-electron chi connectivity index (χ1n) is 7.05. The van der Waals surface area contributed by atoms with Crippen LogP contribution in [-0.4, -0.2) is 48.4 Å². The van der Waals surface area contributed by atoms with E-state index in [9.17, 15) is 14.7 Å². The summed E-state index contributed by atoms with van der Waals surface area (Å²) in [5, 5.41) is 23.2. The number of aromatic carboxylic acids is 1. The molecule has 10 nitrogen and oxygen atoms in total. The summed E-state index contributed by atoms with van der Waals surface area (Å²) in [7, 11) is 1.68. The fourth-order valence-electron chi connectivity index (χ4n) is 2.64. The first kappa shape index (κ1) is 15.2. The Balaban J connectivity index is 1.88. The number of rotatable bonds is 4. The maximum Gasteiger partial charge on any atom is 0.337 e. The lowest BCUT2D eigenvalue weighted by Crippen LogP contribution is -2.31. The first-order chi connectivity index (χ1) is 11.0. The van der Waals surface area contributed by atoms with Gasteiger partial charge in [-0.3, -0.25) is 4.79 Å². The van der Waals surface area contributed by atoms with E-state index in [2.05, 4.69) is 20.8 Å². The molecular weight excluding hydrogens is 304 g/mol. The molecule has 23 heavy (non-hydrogen) atoms. The molecule has 0 radical (unpaired) electrons. The summed E-state index contributed by atoms with van der Waals surface area (Å²) in [6.07, 6.45) is 0. The first-order valence-corrected chi connectivity index (χ1v) is 7.05. The van der Waals surface area contributed by atoms with Crippen molar-refractivity contribution < 1.29 is 19.4 Å². The highest BCUT2D eigenvalue weighted by molar-refractivity contribution is 5.98. The Morgan fingerprint density at radius 3 is 2.91 bits per heavy atom. The van der Waals surface area contributed by atoms with Crippen LogP contribution in [0.5, 0.6) is 0 Å². The zero-order valence-corrected chi connectivity index (χ0v) is 12.7. The van der Waals surface area contributed by atoms with Gasteiger partial charge >= 0.3 is 5.97 Å². The molecule has 1 aliphatic heterocycles. The Morgan fingerprint density at radius 2 is 2.26 bits per heavy atom. The number of carbonyl (C=O) groups is 2. The molecule has 0 aliphatic carbocycles. The number of nitrogens with zero attached hydrogens (tertiary/aromatic N) is 5. The summed E-state index contributed by atoms with van der Waals surface area (Å²) in [5.41, 5.74) is 0.882. The number of nitrogens with one attached hydrogen (secondary N) is 1. The molecule has 3 heterocycles. The Bertz CT molecular complexity index is 765. The van der Waals surface area contributed by atoms with Crippen molar-refractivity contribution in [2.75, 3.05) is 6.61 Å². The highest BCUT2D eigenvalue weighted by atomic mass is 16.5. The van der Waals surface area contributed by atoms with E-state index >= 15 is 0 Å². The van der Waals surface area contributed by atoms with Gasteiger partial charge in [-0.05, 0) is 23.4 Å². The number of aromatic nitrogens is 5. The van der Waals surface area contributed by atoms with Gasteiger partial charge in [-0.15, -0.1) is 5.10 Å². The molecule has 122 valence electrons. The fraction of sp³-hybridized carbons (Fsp3) is 0.462. The third-order valence-electron chi connectivity index (χ3n) is 3.76. The van der Waals surface area contributed by atoms with Gasteiger partial charge in [0.1, 0.15) is 5.69 Å². The molecular formula is C13H16N6O4. The number of carboxylic acids is 1. The summed E-state index contributed by atoms with van der Waals surface area (Å²) < 4.78 is 8.44. The maximum absolute atomic E-state index is 12.5. The standard InChI is InChI=1S/C13H16N6O4/c1-7(11-15-16-17-18(11)2)14-12(20)9-5-8(13(21)22)10-6-23-4-3-19(9)10/h5,7H,3-4,6H2,1-2H3,(H,14,20)(H,21,22). The highest BCUT2D eigenvalue weighted by Gasteiger charge is 2.27. The molecule has 0 saturated heterocycles. The topological polar surface area (TPSA) is 124 Å². The smallest absolute Gasteiger partial charge is 0.337 e. The average Bonchev–Trinajstić information content (AvgIpc) is 3.10. The molecule has 2 aromatic heterocycles. The van der Waals surface area contributed by atoms with E-state index in [1.807, 2.05) is 0 Å². The Kier molecular flexibility index (Phi) is 3.82. The molecule has 2 aromatic rings. The van der Waals surface area contributed by atoms with Crippen LogP contribution >= 0.6 is 0 Å². The molecule has 3 rings (SSSR count). The van der Waals surface area contributed by atoms with Gasteiger partial charge in [0.15, 0.2) is 5.82 Å². The van der Waals surface area contributed by atoms with Crippen molar-refractivity contribution in [1.29, 1.82) is 0 Å². The lowest BCUT2D eigenvalue weighted by atomic mass is 10.2. The number of ether oxygens (including phenoxy) is 1. The minimum atomic E-state index is -1.08. The summed E-state index contributed by atoms with van der Waals surface area (Å²) >= 11 is 0. The predicted molar refractivity (Wildman–Crippen MR) is 75.7 cm³/mol. The van der Waals surface area contributed by atoms with E-state index in [-0.39, 0.29) is 18.1 Å². The number of tetrazole rings is 1. The number of hydrogen-bond donors (Lipinski definition) is 2. The van der Waals surface area contributed by atoms with Crippen molar-refractivity contribution in [2.45, 2.75) is 26.1 Å². The maximum atomic E-state index is 12.5. The molecule has 10 heteroatoms. The van der Waals surface area contributed by atoms with Gasteiger partial charge in [0.05, 0.1) is 30.5 Å². The van der Waals surface area contributed by atoms with E-state index in [1.165, 1.54) is 10.7 Å². The second kappa shape index (κ2) is 5.80. The molecule has 1 amide bonds. The van der Waals surface area contributed by atoms with Crippen molar-refractivity contribution in [3.63, 3.8) is 0 Å². The number of hydrogen-bond acceptors (Lipinski definition) is 6. The van der Waals surface area contributed by atoms with Crippen LogP contribution in [0.3, 0.4) is 0 Å². The molecule has 1 atom stereocenters. The number of carbonyl (C=O) groups excluding carboxylic acids is 1. The van der Waals surface area contributed by atoms with Crippen LogP contribution in [-0.2, 0) is 24.9 Å². The van der Waals surface area contributed by atoms with Crippen LogP contribution in [0.15, 0.2) is 6.07 Å². The van der Waals surface area contributed by atoms with E-state index in [0.717, 1.165) is 0 Å². The van der Waals surface area contributed by atoms with E-state index in [4.69, 9.17) is 4.74 Å². The largest absolute Gasteiger partial charge is 0.478 e. The summed E-state index contributed by atoms with van der Waals surface area (Å²) in [6, 6.07) is 0.963. The third-order valence-corrected chi connectivity index (χ3v) is 3.76. The lowest BCUT2D eigenvalue weighted by Gasteiger charge is -2.19. The SMILES string of the molecule is CC(NC(=O)c1cc(C(=O)O)c2n1CCOC2)c1nnnn1C. The minimum Gasteiger partial charge on any atom is -0.478 e. The molecule has 0 spiro atoms. The van der Waals surface area contributed by atoms with Crippen LogP contribution in [0.4, 0.5) is 0 Å². The Hall–Kier alpha value is -2.75. The molecule has 1 unspecified atom stereocenters. The van der Waals surface area contributed by atoms with Crippen molar-refractivity contribution in [2.24, 2.45) is 7.05 Å². The molecule has 2 N–H and O–H groups in total. The van der Waals surface area contributed by atoms with Crippen molar-refractivity contribution in [3.8, 4) is 0 Å². The molecule has 0 fully saturated rings. The van der Waals surface area contributed by atoms with Crippen LogP contribution in [0.1, 0.15) is 45.3 Å². The van der Waals surface area contributed by atoms with Crippen molar-refractivity contribution in [3.05, 3.63) is 28.8 Å². The van der Waals surface area contributed by atoms with Gasteiger partial charge in [-0.1, -0.05) is 0 Å². The van der Waals surface area contributed by atoms with E-state index < -0.39 is 12.0 Å². The van der Waals surface area contributed by atoms with Crippen molar-refractivity contribution in [1.82, 2.24) is 30.1 Å². The van der Waals surface area contributed by atoms with Gasteiger partial charge in [0.25, 0.3) is 5.91 Å². The van der Waals surface area contributed by atoms with E-state index in [0.29, 0.717) is 30.4 Å².